The fourth-order valence-corrected chi connectivity index (χ4v) is 1.52. The molecule has 2 unspecified atom stereocenters. The van der Waals surface area contributed by atoms with E-state index in [1.54, 1.807) is 0 Å². The first kappa shape index (κ1) is 6.16. The van der Waals surface area contributed by atoms with Gasteiger partial charge in [-0.25, -0.2) is 0 Å². The predicted molar refractivity (Wildman–Crippen MR) is 33.5 cm³/mol. The summed E-state index contributed by atoms with van der Waals surface area (Å²) < 4.78 is 10.4. The van der Waals surface area contributed by atoms with Crippen LogP contribution in [0.5, 0.6) is 0 Å². The van der Waals surface area contributed by atoms with E-state index in [9.17, 15) is 4.79 Å². The lowest BCUT2D eigenvalue weighted by molar-refractivity contribution is -0.158. The van der Waals surface area contributed by atoms with Gasteiger partial charge in [0.05, 0.1) is 12.7 Å². The molecular weight excluding hydrogens is 132 g/mol. The van der Waals surface area contributed by atoms with E-state index in [4.69, 9.17) is 9.47 Å². The number of hydrogen-bond donors (Lipinski definition) is 0. The summed E-state index contributed by atoms with van der Waals surface area (Å²) in [6.07, 6.45) is 2.54. The third kappa shape index (κ3) is 0.904. The van der Waals surface area contributed by atoms with Crippen molar-refractivity contribution < 1.29 is 14.3 Å². The Hall–Kier alpha value is -0.570. The van der Waals surface area contributed by atoms with Crippen LogP contribution in [0.1, 0.15) is 19.3 Å². The minimum absolute atomic E-state index is 0.0632. The lowest BCUT2D eigenvalue weighted by Crippen LogP contribution is -2.32. The van der Waals surface area contributed by atoms with E-state index >= 15 is 0 Å². The Bertz CT molecular complexity index is 155. The monoisotopic (exact) mass is 142 g/mol. The van der Waals surface area contributed by atoms with Crippen LogP contribution in [-0.2, 0) is 14.3 Å². The van der Waals surface area contributed by atoms with Gasteiger partial charge < -0.3 is 9.47 Å². The van der Waals surface area contributed by atoms with Crippen LogP contribution < -0.4 is 0 Å². The Morgan fingerprint density at radius 1 is 1.30 bits per heavy atom. The Balaban J connectivity index is 2.03. The van der Waals surface area contributed by atoms with E-state index in [2.05, 4.69) is 0 Å². The highest BCUT2D eigenvalue weighted by molar-refractivity contribution is 5.70. The maximum atomic E-state index is 10.7. The second kappa shape index (κ2) is 2.23. The van der Waals surface area contributed by atoms with Gasteiger partial charge in [-0.2, -0.15) is 0 Å². The third-order valence-electron chi connectivity index (χ3n) is 2.06. The largest absolute Gasteiger partial charge is 0.459 e. The lowest BCUT2D eigenvalue weighted by Gasteiger charge is -2.23. The van der Waals surface area contributed by atoms with Gasteiger partial charge in [-0.1, -0.05) is 0 Å². The Kier molecular flexibility index (Phi) is 1.38. The first-order chi connectivity index (χ1) is 4.86. The van der Waals surface area contributed by atoms with Crippen LogP contribution in [0, 0.1) is 0 Å². The minimum Gasteiger partial charge on any atom is -0.459 e. The molecule has 0 amide bonds. The molecule has 0 spiro atoms. The molecule has 0 saturated carbocycles. The quantitative estimate of drug-likeness (QED) is 0.461. The van der Waals surface area contributed by atoms with E-state index in [1.807, 2.05) is 0 Å². The van der Waals surface area contributed by atoms with Crippen LogP contribution in [-0.4, -0.2) is 24.8 Å². The first-order valence-corrected chi connectivity index (χ1v) is 3.67. The van der Waals surface area contributed by atoms with Crippen molar-refractivity contribution >= 4 is 5.97 Å². The van der Waals surface area contributed by atoms with Crippen molar-refractivity contribution in [3.8, 4) is 0 Å². The SMILES string of the molecule is O=C1CCC2OCCC2O1. The molecular formula is C7H10O3. The van der Waals surface area contributed by atoms with Crippen molar-refractivity contribution in [2.24, 2.45) is 0 Å². The first-order valence-electron chi connectivity index (χ1n) is 3.67. The molecule has 2 heterocycles. The van der Waals surface area contributed by atoms with Crippen molar-refractivity contribution in [3.05, 3.63) is 0 Å². The molecule has 0 radical (unpaired) electrons. The average molecular weight is 142 g/mol. The number of rotatable bonds is 0. The molecule has 3 heteroatoms. The third-order valence-corrected chi connectivity index (χ3v) is 2.06. The topological polar surface area (TPSA) is 35.5 Å². The molecule has 0 aromatic carbocycles. The van der Waals surface area contributed by atoms with Gasteiger partial charge in [0, 0.05) is 12.8 Å². The van der Waals surface area contributed by atoms with Gasteiger partial charge in [0.1, 0.15) is 6.10 Å². The summed E-state index contributed by atoms with van der Waals surface area (Å²) in [6.45, 7) is 0.753. The molecule has 2 saturated heterocycles. The summed E-state index contributed by atoms with van der Waals surface area (Å²) in [4.78, 5) is 10.7. The molecule has 0 aliphatic carbocycles. The molecule has 10 heavy (non-hydrogen) atoms. The van der Waals surface area contributed by atoms with Gasteiger partial charge in [0.2, 0.25) is 0 Å². The van der Waals surface area contributed by atoms with Crippen LogP contribution in [0.25, 0.3) is 0 Å². The maximum Gasteiger partial charge on any atom is 0.306 e. The van der Waals surface area contributed by atoms with Crippen molar-refractivity contribution in [3.63, 3.8) is 0 Å². The number of carbonyl (C=O) groups excluding carboxylic acids is 1. The minimum atomic E-state index is -0.0632. The molecule has 0 bridgehead atoms. The van der Waals surface area contributed by atoms with Crippen molar-refractivity contribution in [1.29, 1.82) is 0 Å². The Labute approximate surface area is 59.3 Å². The molecule has 0 aromatic rings. The van der Waals surface area contributed by atoms with E-state index < -0.39 is 0 Å². The maximum absolute atomic E-state index is 10.7. The van der Waals surface area contributed by atoms with Gasteiger partial charge in [-0.3, -0.25) is 4.79 Å². The van der Waals surface area contributed by atoms with Crippen molar-refractivity contribution in [2.45, 2.75) is 31.5 Å². The fraction of sp³-hybridized carbons (Fsp3) is 0.857. The van der Waals surface area contributed by atoms with Gasteiger partial charge in [0.25, 0.3) is 0 Å². The smallest absolute Gasteiger partial charge is 0.306 e. The summed E-state index contributed by atoms with van der Waals surface area (Å²) in [5.41, 5.74) is 0. The molecule has 0 aromatic heterocycles. The van der Waals surface area contributed by atoms with E-state index in [1.165, 1.54) is 0 Å². The summed E-state index contributed by atoms with van der Waals surface area (Å²) in [7, 11) is 0. The lowest BCUT2D eigenvalue weighted by atomic mass is 10.1. The number of carbonyl (C=O) groups is 1. The van der Waals surface area contributed by atoms with Crippen LogP contribution in [0.4, 0.5) is 0 Å². The zero-order chi connectivity index (χ0) is 6.97. The second-order valence-electron chi connectivity index (χ2n) is 2.76. The second-order valence-corrected chi connectivity index (χ2v) is 2.76. The summed E-state index contributed by atoms with van der Waals surface area (Å²) in [5, 5.41) is 0. The summed E-state index contributed by atoms with van der Waals surface area (Å²) in [5.74, 6) is -0.0632. The number of fused-ring (bicyclic) bond motifs is 1. The molecule has 2 aliphatic heterocycles. The van der Waals surface area contributed by atoms with Crippen molar-refractivity contribution in [1.82, 2.24) is 0 Å². The van der Waals surface area contributed by atoms with Gasteiger partial charge >= 0.3 is 5.97 Å². The molecule has 56 valence electrons. The summed E-state index contributed by atoms with van der Waals surface area (Å²) in [6, 6.07) is 0. The molecule has 2 fully saturated rings. The van der Waals surface area contributed by atoms with Gasteiger partial charge in [-0.05, 0) is 6.42 Å². The molecule has 2 atom stereocenters. The highest BCUT2D eigenvalue weighted by Crippen LogP contribution is 2.25. The Morgan fingerprint density at radius 2 is 2.20 bits per heavy atom. The zero-order valence-corrected chi connectivity index (χ0v) is 5.71. The molecule has 2 rings (SSSR count). The highest BCUT2D eigenvalue weighted by atomic mass is 16.6. The van der Waals surface area contributed by atoms with E-state index in [0.29, 0.717) is 6.42 Å². The van der Waals surface area contributed by atoms with Crippen LogP contribution >= 0.6 is 0 Å². The molecule has 2 aliphatic rings. The summed E-state index contributed by atoms with van der Waals surface area (Å²) >= 11 is 0. The molecule has 0 N–H and O–H groups in total. The number of hydrogen-bond acceptors (Lipinski definition) is 3. The Morgan fingerprint density at radius 3 is 3.10 bits per heavy atom. The van der Waals surface area contributed by atoms with Crippen LogP contribution in [0.2, 0.25) is 0 Å². The standard InChI is InChI=1S/C7H10O3/c8-7-2-1-5-6(10-7)3-4-9-5/h5-6H,1-4H2. The predicted octanol–water partition coefficient (Wildman–Crippen LogP) is 0.481. The average Bonchev–Trinajstić information content (AvgIpc) is 2.33. The van der Waals surface area contributed by atoms with Gasteiger partial charge in [-0.15, -0.1) is 0 Å². The molecule has 3 nitrogen and oxygen atoms in total. The normalized spacial score (nSPS) is 39.0. The zero-order valence-electron chi connectivity index (χ0n) is 5.71. The van der Waals surface area contributed by atoms with Gasteiger partial charge in [0.15, 0.2) is 0 Å². The number of ether oxygens (including phenoxy) is 2. The fourth-order valence-electron chi connectivity index (χ4n) is 1.52. The highest BCUT2D eigenvalue weighted by Gasteiger charge is 2.35. The van der Waals surface area contributed by atoms with E-state index in [0.717, 1.165) is 19.4 Å². The van der Waals surface area contributed by atoms with Crippen LogP contribution in [0.15, 0.2) is 0 Å². The van der Waals surface area contributed by atoms with Crippen molar-refractivity contribution in [2.75, 3.05) is 6.61 Å². The van der Waals surface area contributed by atoms with E-state index in [-0.39, 0.29) is 18.2 Å². The number of esters is 1. The van der Waals surface area contributed by atoms with Crippen LogP contribution in [0.3, 0.4) is 0 Å².